The second-order valence-corrected chi connectivity index (χ2v) is 6.59. The van der Waals surface area contributed by atoms with E-state index in [-0.39, 0.29) is 10.6 Å². The first-order valence-corrected chi connectivity index (χ1v) is 9.35. The summed E-state index contributed by atoms with van der Waals surface area (Å²) in [7, 11) is 0. The Bertz CT molecular complexity index is 952. The van der Waals surface area contributed by atoms with Crippen molar-refractivity contribution in [1.29, 1.82) is 0 Å². The first-order chi connectivity index (χ1) is 13.0. The highest BCUT2D eigenvalue weighted by Gasteiger charge is 2.17. The van der Waals surface area contributed by atoms with Crippen LogP contribution in [0.3, 0.4) is 0 Å². The zero-order chi connectivity index (χ0) is 19.4. The Kier molecular flexibility index (Phi) is 6.08. The van der Waals surface area contributed by atoms with E-state index in [1.165, 1.54) is 12.1 Å². The maximum atomic E-state index is 13.2. The predicted octanol–water partition coefficient (Wildman–Crippen LogP) is 4.42. The van der Waals surface area contributed by atoms with Crippen molar-refractivity contribution in [3.8, 4) is 0 Å². The van der Waals surface area contributed by atoms with Crippen molar-refractivity contribution in [2.45, 2.75) is 20.4 Å². The van der Waals surface area contributed by atoms with Crippen LogP contribution in [0.15, 0.2) is 42.5 Å². The lowest BCUT2D eigenvalue weighted by atomic mass is 10.2. The summed E-state index contributed by atoms with van der Waals surface area (Å²) in [5.74, 6) is -0.448. The van der Waals surface area contributed by atoms with E-state index >= 15 is 0 Å². The maximum Gasteiger partial charge on any atom is 0.259 e. The number of hydrogen-bond donors (Lipinski definition) is 1. The molecule has 0 aliphatic carbocycles. The number of para-hydroxylation sites is 2. The van der Waals surface area contributed by atoms with Gasteiger partial charge in [0, 0.05) is 13.1 Å². The number of nitrogens with one attached hydrogen (secondary N) is 1. The quantitative estimate of drug-likeness (QED) is 0.651. The van der Waals surface area contributed by atoms with Gasteiger partial charge in [0.15, 0.2) is 0 Å². The topological polar surface area (TPSA) is 50.2 Å². The highest BCUT2D eigenvalue weighted by Crippen LogP contribution is 2.22. The third kappa shape index (κ3) is 4.28. The Hall–Kier alpha value is -2.44. The van der Waals surface area contributed by atoms with Gasteiger partial charge in [-0.25, -0.2) is 9.37 Å². The van der Waals surface area contributed by atoms with Crippen LogP contribution in [0.4, 0.5) is 10.3 Å². The van der Waals surface area contributed by atoms with Crippen molar-refractivity contribution in [2.75, 3.05) is 25.0 Å². The molecular formula is C20H22ClFN4O. The largest absolute Gasteiger partial charge is 0.309 e. The van der Waals surface area contributed by atoms with E-state index in [0.29, 0.717) is 12.5 Å². The van der Waals surface area contributed by atoms with Crippen molar-refractivity contribution in [2.24, 2.45) is 0 Å². The number of benzene rings is 2. The Labute approximate surface area is 162 Å². The molecule has 1 heterocycles. The van der Waals surface area contributed by atoms with Crippen molar-refractivity contribution >= 4 is 34.5 Å². The molecule has 1 aromatic heterocycles. The molecule has 0 atom stereocenters. The number of likely N-dealkylation sites (N-methyl/N-ethyl adjacent to an activating group) is 1. The molecule has 27 heavy (non-hydrogen) atoms. The summed E-state index contributed by atoms with van der Waals surface area (Å²) < 4.78 is 15.2. The van der Waals surface area contributed by atoms with Gasteiger partial charge in [0.2, 0.25) is 5.95 Å². The summed E-state index contributed by atoms with van der Waals surface area (Å²) >= 11 is 6.01. The standard InChI is InChI=1S/C20H22ClFN4O/c1-3-25(4-2)11-12-26-18-8-6-5-7-17(18)23-20(26)24-19(27)15-10-9-14(22)13-16(15)21/h5-10,13H,3-4,11-12H2,1-2H3,(H,23,24,27). The van der Waals surface area contributed by atoms with Crippen LogP contribution in [-0.4, -0.2) is 40.0 Å². The molecule has 0 radical (unpaired) electrons. The number of hydrogen-bond acceptors (Lipinski definition) is 3. The van der Waals surface area contributed by atoms with Gasteiger partial charge in [0.05, 0.1) is 21.6 Å². The number of imidazole rings is 1. The van der Waals surface area contributed by atoms with Gasteiger partial charge in [0.1, 0.15) is 5.82 Å². The van der Waals surface area contributed by atoms with Crippen molar-refractivity contribution in [3.63, 3.8) is 0 Å². The van der Waals surface area contributed by atoms with E-state index < -0.39 is 11.7 Å². The summed E-state index contributed by atoms with van der Waals surface area (Å²) in [6, 6.07) is 11.4. The Morgan fingerprint density at radius 1 is 1.22 bits per heavy atom. The maximum absolute atomic E-state index is 13.2. The minimum atomic E-state index is -0.483. The van der Waals surface area contributed by atoms with Crippen molar-refractivity contribution in [3.05, 3.63) is 58.9 Å². The van der Waals surface area contributed by atoms with E-state index in [1.807, 2.05) is 28.8 Å². The molecule has 5 nitrogen and oxygen atoms in total. The highest BCUT2D eigenvalue weighted by molar-refractivity contribution is 6.34. The molecule has 0 fully saturated rings. The Morgan fingerprint density at radius 2 is 1.96 bits per heavy atom. The number of halogens is 2. The van der Waals surface area contributed by atoms with Crippen molar-refractivity contribution in [1.82, 2.24) is 14.5 Å². The lowest BCUT2D eigenvalue weighted by molar-refractivity contribution is 0.102. The summed E-state index contributed by atoms with van der Waals surface area (Å²) in [5, 5.41) is 2.89. The smallest absolute Gasteiger partial charge is 0.259 e. The number of carbonyl (C=O) groups is 1. The normalized spacial score (nSPS) is 11.3. The van der Waals surface area contributed by atoms with E-state index in [1.54, 1.807) is 0 Å². The van der Waals surface area contributed by atoms with Crippen LogP contribution in [-0.2, 0) is 6.54 Å². The summed E-state index contributed by atoms with van der Waals surface area (Å²) in [6.45, 7) is 7.68. The van der Waals surface area contributed by atoms with E-state index in [0.717, 1.165) is 36.7 Å². The van der Waals surface area contributed by atoms with Crippen LogP contribution in [0.25, 0.3) is 11.0 Å². The summed E-state index contributed by atoms with van der Waals surface area (Å²) in [5.41, 5.74) is 1.96. The Balaban J connectivity index is 1.90. The van der Waals surface area contributed by atoms with Gasteiger partial charge in [-0.2, -0.15) is 0 Å². The third-order valence-electron chi connectivity index (χ3n) is 4.59. The van der Waals surface area contributed by atoms with Crippen LogP contribution in [0.5, 0.6) is 0 Å². The number of amides is 1. The molecule has 0 spiro atoms. The number of anilines is 1. The zero-order valence-corrected chi connectivity index (χ0v) is 16.1. The van der Waals surface area contributed by atoms with Crippen LogP contribution < -0.4 is 5.32 Å². The SMILES string of the molecule is CCN(CC)CCn1c(NC(=O)c2ccc(F)cc2Cl)nc2ccccc21. The third-order valence-corrected chi connectivity index (χ3v) is 4.90. The molecule has 0 bridgehead atoms. The second-order valence-electron chi connectivity index (χ2n) is 6.18. The molecule has 1 amide bonds. The van der Waals surface area contributed by atoms with Crippen molar-refractivity contribution < 1.29 is 9.18 Å². The molecule has 3 aromatic rings. The molecule has 0 aliphatic rings. The molecular weight excluding hydrogens is 367 g/mol. The van der Waals surface area contributed by atoms with E-state index in [9.17, 15) is 9.18 Å². The molecule has 1 N–H and O–H groups in total. The number of nitrogens with zero attached hydrogens (tertiary/aromatic N) is 3. The first-order valence-electron chi connectivity index (χ1n) is 8.97. The van der Waals surface area contributed by atoms with Gasteiger partial charge in [-0.15, -0.1) is 0 Å². The zero-order valence-electron chi connectivity index (χ0n) is 15.4. The number of rotatable bonds is 7. The molecule has 0 unspecified atom stereocenters. The number of fused-ring (bicyclic) bond motifs is 1. The fourth-order valence-corrected chi connectivity index (χ4v) is 3.27. The van der Waals surface area contributed by atoms with Crippen LogP contribution >= 0.6 is 11.6 Å². The first kappa shape index (κ1) is 19.3. The summed E-state index contributed by atoms with van der Waals surface area (Å²) in [4.78, 5) is 19.5. The number of carbonyl (C=O) groups excluding carboxylic acids is 1. The van der Waals surface area contributed by atoms with Gasteiger partial charge in [0.25, 0.3) is 5.91 Å². The monoisotopic (exact) mass is 388 g/mol. The van der Waals surface area contributed by atoms with Gasteiger partial charge < -0.3 is 9.47 Å². The van der Waals surface area contributed by atoms with Crippen LogP contribution in [0.2, 0.25) is 5.02 Å². The van der Waals surface area contributed by atoms with E-state index in [2.05, 4.69) is 29.0 Å². The Morgan fingerprint density at radius 3 is 2.67 bits per heavy atom. The minimum absolute atomic E-state index is 0.0679. The molecule has 7 heteroatoms. The average Bonchev–Trinajstić information content (AvgIpc) is 2.99. The highest BCUT2D eigenvalue weighted by atomic mass is 35.5. The van der Waals surface area contributed by atoms with Gasteiger partial charge in [-0.3, -0.25) is 10.1 Å². The molecule has 0 aliphatic heterocycles. The van der Waals surface area contributed by atoms with E-state index in [4.69, 9.17) is 11.6 Å². The second kappa shape index (κ2) is 8.50. The molecule has 0 saturated heterocycles. The predicted molar refractivity (Wildman–Crippen MR) is 107 cm³/mol. The van der Waals surface area contributed by atoms with Gasteiger partial charge >= 0.3 is 0 Å². The molecule has 2 aromatic carbocycles. The molecule has 3 rings (SSSR count). The van der Waals surface area contributed by atoms with Crippen LogP contribution in [0, 0.1) is 5.82 Å². The van der Waals surface area contributed by atoms with Gasteiger partial charge in [-0.05, 0) is 43.4 Å². The summed E-state index contributed by atoms with van der Waals surface area (Å²) in [6.07, 6.45) is 0. The minimum Gasteiger partial charge on any atom is -0.309 e. The van der Waals surface area contributed by atoms with Crippen LogP contribution in [0.1, 0.15) is 24.2 Å². The number of aromatic nitrogens is 2. The lowest BCUT2D eigenvalue weighted by Gasteiger charge is -2.19. The fourth-order valence-electron chi connectivity index (χ4n) is 3.02. The molecule has 142 valence electrons. The van der Waals surface area contributed by atoms with Gasteiger partial charge in [-0.1, -0.05) is 37.6 Å². The average molecular weight is 389 g/mol. The molecule has 0 saturated carbocycles. The lowest BCUT2D eigenvalue weighted by Crippen LogP contribution is -2.27. The fraction of sp³-hybridized carbons (Fsp3) is 0.300.